The first-order chi connectivity index (χ1) is 14.7. The number of hydrogen-bond donors (Lipinski definition) is 4. The molecule has 1 aliphatic rings. The molecule has 1 amide bonds. The third-order valence-electron chi connectivity index (χ3n) is 4.83. The average molecular weight is 401 g/mol. The first-order valence-electron chi connectivity index (χ1n) is 9.65. The number of aliphatic hydroxyl groups excluding tert-OH is 1. The monoisotopic (exact) mass is 401 g/mol. The van der Waals surface area contributed by atoms with Gasteiger partial charge in [0.2, 0.25) is 5.91 Å². The van der Waals surface area contributed by atoms with Gasteiger partial charge in [-0.3, -0.25) is 4.79 Å². The molecule has 1 heterocycles. The summed E-state index contributed by atoms with van der Waals surface area (Å²) in [7, 11) is 1.48. The molecule has 152 valence electrons. The molecular weight excluding hydrogens is 378 g/mol. The molecule has 4 N–H and O–H groups in total. The van der Waals surface area contributed by atoms with Crippen LogP contribution in [-0.2, 0) is 9.53 Å². The Kier molecular flexibility index (Phi) is 5.79. The van der Waals surface area contributed by atoms with Crippen molar-refractivity contribution < 1.29 is 14.6 Å². The molecule has 0 bridgehead atoms. The number of para-hydroxylation sites is 1. The van der Waals surface area contributed by atoms with Gasteiger partial charge in [0.25, 0.3) is 0 Å². The van der Waals surface area contributed by atoms with Crippen molar-refractivity contribution in [2.24, 2.45) is 0 Å². The summed E-state index contributed by atoms with van der Waals surface area (Å²) >= 11 is 0. The molecule has 0 radical (unpaired) electrons. The van der Waals surface area contributed by atoms with E-state index in [-0.39, 0.29) is 12.5 Å². The fraction of sp³-hybridized carbons (Fsp3) is 0.125. The SMILES string of the molecule is COCC(=O)Nc1ccc(N/C(=C2/c3ccccc3NC2O)c2ccccc2)cc1. The van der Waals surface area contributed by atoms with E-state index in [0.717, 1.165) is 33.8 Å². The van der Waals surface area contributed by atoms with Gasteiger partial charge in [0.05, 0.1) is 5.70 Å². The molecule has 4 rings (SSSR count). The lowest BCUT2D eigenvalue weighted by Crippen LogP contribution is -2.17. The van der Waals surface area contributed by atoms with Gasteiger partial charge >= 0.3 is 0 Å². The fourth-order valence-corrected chi connectivity index (χ4v) is 3.49. The summed E-state index contributed by atoms with van der Waals surface area (Å²) in [5.41, 5.74) is 5.94. The third kappa shape index (κ3) is 4.20. The highest BCUT2D eigenvalue weighted by Crippen LogP contribution is 2.39. The number of rotatable bonds is 6. The number of aliphatic hydroxyl groups is 1. The molecule has 1 unspecified atom stereocenters. The van der Waals surface area contributed by atoms with Crippen LogP contribution >= 0.6 is 0 Å². The number of benzene rings is 3. The van der Waals surface area contributed by atoms with E-state index in [4.69, 9.17) is 4.74 Å². The smallest absolute Gasteiger partial charge is 0.250 e. The van der Waals surface area contributed by atoms with Crippen molar-refractivity contribution in [1.82, 2.24) is 0 Å². The summed E-state index contributed by atoms with van der Waals surface area (Å²) in [6, 6.07) is 25.1. The van der Waals surface area contributed by atoms with E-state index in [1.807, 2.05) is 78.9 Å². The van der Waals surface area contributed by atoms with E-state index in [1.54, 1.807) is 0 Å². The van der Waals surface area contributed by atoms with Gasteiger partial charge in [-0.2, -0.15) is 0 Å². The summed E-state index contributed by atoms with van der Waals surface area (Å²) in [6.45, 7) is 0.00848. The van der Waals surface area contributed by atoms with Crippen molar-refractivity contribution in [1.29, 1.82) is 0 Å². The highest BCUT2D eigenvalue weighted by Gasteiger charge is 2.28. The molecule has 6 nitrogen and oxygen atoms in total. The zero-order chi connectivity index (χ0) is 20.9. The number of anilines is 3. The molecule has 0 saturated heterocycles. The van der Waals surface area contributed by atoms with Crippen molar-refractivity contribution in [3.8, 4) is 0 Å². The normalized spacial score (nSPS) is 16.4. The maximum atomic E-state index is 11.7. The van der Waals surface area contributed by atoms with Crippen molar-refractivity contribution in [2.45, 2.75) is 6.23 Å². The van der Waals surface area contributed by atoms with E-state index in [9.17, 15) is 9.90 Å². The fourth-order valence-electron chi connectivity index (χ4n) is 3.49. The van der Waals surface area contributed by atoms with Crippen molar-refractivity contribution in [2.75, 3.05) is 29.7 Å². The van der Waals surface area contributed by atoms with Crippen LogP contribution in [0, 0.1) is 0 Å². The van der Waals surface area contributed by atoms with Crippen LogP contribution in [0.1, 0.15) is 11.1 Å². The lowest BCUT2D eigenvalue weighted by Gasteiger charge is -2.18. The minimum atomic E-state index is -0.822. The first-order valence-corrected chi connectivity index (χ1v) is 9.65. The molecule has 6 heteroatoms. The van der Waals surface area contributed by atoms with E-state index in [0.29, 0.717) is 5.69 Å². The van der Waals surface area contributed by atoms with Crippen LogP contribution < -0.4 is 16.0 Å². The van der Waals surface area contributed by atoms with Crippen molar-refractivity contribution in [3.05, 3.63) is 90.0 Å². The average Bonchev–Trinajstić information content (AvgIpc) is 3.09. The van der Waals surface area contributed by atoms with Gasteiger partial charge in [-0.05, 0) is 35.9 Å². The lowest BCUT2D eigenvalue weighted by molar-refractivity contribution is -0.119. The van der Waals surface area contributed by atoms with E-state index in [1.165, 1.54) is 7.11 Å². The van der Waals surface area contributed by atoms with Crippen LogP contribution in [0.4, 0.5) is 17.1 Å². The molecular formula is C24H23N3O3. The summed E-state index contributed by atoms with van der Waals surface area (Å²) in [6.07, 6.45) is -0.822. The number of ether oxygens (including phenoxy) is 1. The van der Waals surface area contributed by atoms with Gasteiger partial charge in [-0.1, -0.05) is 48.5 Å². The van der Waals surface area contributed by atoms with E-state index >= 15 is 0 Å². The van der Waals surface area contributed by atoms with Gasteiger partial charge in [-0.15, -0.1) is 0 Å². The van der Waals surface area contributed by atoms with Crippen LogP contribution in [-0.4, -0.2) is 31.0 Å². The van der Waals surface area contributed by atoms with Crippen molar-refractivity contribution in [3.63, 3.8) is 0 Å². The number of hydrogen-bond acceptors (Lipinski definition) is 5. The summed E-state index contributed by atoms with van der Waals surface area (Å²) in [4.78, 5) is 11.7. The second-order valence-electron chi connectivity index (χ2n) is 6.93. The molecule has 0 fully saturated rings. The molecule has 0 spiro atoms. The Morgan fingerprint density at radius 3 is 2.27 bits per heavy atom. The minimum absolute atomic E-state index is 0.00848. The summed E-state index contributed by atoms with van der Waals surface area (Å²) in [5.74, 6) is -0.206. The Balaban J connectivity index is 1.68. The highest BCUT2D eigenvalue weighted by molar-refractivity contribution is 6.03. The highest BCUT2D eigenvalue weighted by atomic mass is 16.5. The molecule has 0 saturated carbocycles. The van der Waals surface area contributed by atoms with Crippen LogP contribution in [0.2, 0.25) is 0 Å². The first kappa shape index (κ1) is 19.7. The van der Waals surface area contributed by atoms with Crippen molar-refractivity contribution >= 4 is 34.2 Å². The largest absolute Gasteiger partial charge is 0.375 e. The second kappa shape index (κ2) is 8.82. The Bertz CT molecular complexity index is 1060. The van der Waals surface area contributed by atoms with Crippen LogP contribution in [0.25, 0.3) is 11.3 Å². The van der Waals surface area contributed by atoms with Gasteiger partial charge in [0.1, 0.15) is 6.61 Å². The summed E-state index contributed by atoms with van der Waals surface area (Å²) < 4.78 is 4.84. The van der Waals surface area contributed by atoms with Crippen LogP contribution in [0.3, 0.4) is 0 Å². The maximum Gasteiger partial charge on any atom is 0.250 e. The summed E-state index contributed by atoms with van der Waals surface area (Å²) in [5, 5.41) is 20.1. The Morgan fingerprint density at radius 1 is 0.933 bits per heavy atom. The van der Waals surface area contributed by atoms with Crippen LogP contribution in [0.5, 0.6) is 0 Å². The van der Waals surface area contributed by atoms with Gasteiger partial charge < -0.3 is 25.8 Å². The van der Waals surface area contributed by atoms with E-state index < -0.39 is 6.23 Å². The molecule has 0 aliphatic carbocycles. The third-order valence-corrected chi connectivity index (χ3v) is 4.83. The molecule has 30 heavy (non-hydrogen) atoms. The van der Waals surface area contributed by atoms with Crippen LogP contribution in [0.15, 0.2) is 78.9 Å². The van der Waals surface area contributed by atoms with Gasteiger partial charge in [-0.25, -0.2) is 0 Å². The Morgan fingerprint density at radius 2 is 1.57 bits per heavy atom. The quantitative estimate of drug-likeness (QED) is 0.502. The molecule has 3 aromatic carbocycles. The predicted octanol–water partition coefficient (Wildman–Crippen LogP) is 4.00. The molecule has 1 atom stereocenters. The zero-order valence-corrected chi connectivity index (χ0v) is 16.6. The Labute approximate surface area is 175 Å². The lowest BCUT2D eigenvalue weighted by atomic mass is 9.99. The topological polar surface area (TPSA) is 82.6 Å². The maximum absolute atomic E-state index is 11.7. The van der Waals surface area contributed by atoms with Gasteiger partial charge in [0, 0.05) is 35.3 Å². The Hall–Kier alpha value is -3.61. The predicted molar refractivity (Wildman–Crippen MR) is 120 cm³/mol. The standard InChI is InChI=1S/C24H23N3O3/c1-30-15-21(28)25-17-11-13-18(14-12-17)26-23(16-7-3-2-4-8-16)22-19-9-5-6-10-20(19)27-24(22)29/h2-14,24,26-27,29H,15H2,1H3,(H,25,28)/b23-22-. The number of carbonyl (C=O) groups excluding carboxylic acids is 1. The number of nitrogens with one attached hydrogen (secondary N) is 3. The zero-order valence-electron chi connectivity index (χ0n) is 16.6. The molecule has 3 aromatic rings. The number of fused-ring (bicyclic) bond motifs is 1. The second-order valence-corrected chi connectivity index (χ2v) is 6.93. The van der Waals surface area contributed by atoms with E-state index in [2.05, 4.69) is 16.0 Å². The number of methoxy groups -OCH3 is 1. The number of amides is 1. The minimum Gasteiger partial charge on any atom is -0.375 e. The molecule has 0 aromatic heterocycles. The van der Waals surface area contributed by atoms with Gasteiger partial charge in [0.15, 0.2) is 6.23 Å². The number of carbonyl (C=O) groups is 1. The molecule has 1 aliphatic heterocycles.